The predicted molar refractivity (Wildman–Crippen MR) is 79.7 cm³/mol. The maximum Gasteiger partial charge on any atom is 0.115 e. The van der Waals surface area contributed by atoms with Gasteiger partial charge in [-0.1, -0.05) is 12.1 Å². The van der Waals surface area contributed by atoms with Crippen molar-refractivity contribution in [3.63, 3.8) is 0 Å². The van der Waals surface area contributed by atoms with Gasteiger partial charge in [0.25, 0.3) is 0 Å². The van der Waals surface area contributed by atoms with Gasteiger partial charge in [0, 0.05) is 27.9 Å². The van der Waals surface area contributed by atoms with Gasteiger partial charge in [0.1, 0.15) is 5.75 Å². The van der Waals surface area contributed by atoms with Gasteiger partial charge >= 0.3 is 0 Å². The molecule has 0 amide bonds. The summed E-state index contributed by atoms with van der Waals surface area (Å²) in [5, 5.41) is 10.5. The van der Waals surface area contributed by atoms with Gasteiger partial charge < -0.3 is 9.67 Å². The molecule has 0 fully saturated rings. The van der Waals surface area contributed by atoms with Crippen molar-refractivity contribution in [3.8, 4) is 5.75 Å². The van der Waals surface area contributed by atoms with Gasteiger partial charge in [-0.2, -0.15) is 0 Å². The lowest BCUT2D eigenvalue weighted by Gasteiger charge is -2.05. The SMILES string of the molecule is Oc1ccc(Cn2cc(I)c3ccncc32)cc1. The number of pyridine rings is 1. The van der Waals surface area contributed by atoms with Crippen LogP contribution in [0.1, 0.15) is 5.56 Å². The van der Waals surface area contributed by atoms with Crippen molar-refractivity contribution in [2.45, 2.75) is 6.54 Å². The van der Waals surface area contributed by atoms with Crippen LogP contribution < -0.4 is 0 Å². The number of rotatable bonds is 2. The van der Waals surface area contributed by atoms with Crippen molar-refractivity contribution >= 4 is 33.5 Å². The molecule has 1 N–H and O–H groups in total. The Morgan fingerprint density at radius 3 is 2.72 bits per heavy atom. The van der Waals surface area contributed by atoms with Crippen LogP contribution in [0.3, 0.4) is 0 Å². The largest absolute Gasteiger partial charge is 0.508 e. The Morgan fingerprint density at radius 1 is 1.17 bits per heavy atom. The smallest absolute Gasteiger partial charge is 0.115 e. The number of phenolic OH excluding ortho intramolecular Hbond substituents is 1. The molecule has 1 aromatic carbocycles. The molecule has 3 aromatic rings. The first kappa shape index (κ1) is 11.5. The van der Waals surface area contributed by atoms with Crippen LogP contribution in [0.15, 0.2) is 48.9 Å². The molecule has 0 saturated heterocycles. The Bertz CT molecular complexity index is 689. The normalized spacial score (nSPS) is 10.9. The van der Waals surface area contributed by atoms with Gasteiger partial charge in [-0.25, -0.2) is 0 Å². The third-order valence-electron chi connectivity index (χ3n) is 2.93. The Morgan fingerprint density at radius 2 is 1.94 bits per heavy atom. The van der Waals surface area contributed by atoms with Gasteiger partial charge in [-0.3, -0.25) is 4.98 Å². The molecular weight excluding hydrogens is 339 g/mol. The number of hydrogen-bond acceptors (Lipinski definition) is 2. The van der Waals surface area contributed by atoms with Crippen molar-refractivity contribution in [2.75, 3.05) is 0 Å². The zero-order valence-electron chi connectivity index (χ0n) is 9.55. The number of fused-ring (bicyclic) bond motifs is 1. The maximum absolute atomic E-state index is 9.28. The monoisotopic (exact) mass is 350 g/mol. The lowest BCUT2D eigenvalue weighted by atomic mass is 10.2. The quantitative estimate of drug-likeness (QED) is 0.720. The number of benzene rings is 1. The van der Waals surface area contributed by atoms with E-state index in [0.29, 0.717) is 5.75 Å². The molecule has 0 atom stereocenters. The number of aromatic hydroxyl groups is 1. The average Bonchev–Trinajstić information content (AvgIpc) is 2.70. The van der Waals surface area contributed by atoms with Crippen LogP contribution in [0, 0.1) is 3.57 Å². The van der Waals surface area contributed by atoms with Crippen molar-refractivity contribution in [3.05, 3.63) is 58.1 Å². The maximum atomic E-state index is 9.28. The summed E-state index contributed by atoms with van der Waals surface area (Å²) >= 11 is 2.34. The van der Waals surface area contributed by atoms with Crippen molar-refractivity contribution in [1.82, 2.24) is 9.55 Å². The molecule has 90 valence electrons. The number of aromatic nitrogens is 2. The molecular formula is C14H11IN2O. The van der Waals surface area contributed by atoms with Crippen LogP contribution in [0.5, 0.6) is 5.75 Å². The van der Waals surface area contributed by atoms with E-state index in [1.54, 1.807) is 12.1 Å². The van der Waals surface area contributed by atoms with Crippen LogP contribution in [-0.2, 0) is 6.54 Å². The summed E-state index contributed by atoms with van der Waals surface area (Å²) in [6.07, 6.45) is 5.83. The number of hydrogen-bond donors (Lipinski definition) is 1. The standard InChI is InChI=1S/C14H11IN2O/c15-13-9-17(14-7-16-6-5-12(13)14)8-10-1-3-11(18)4-2-10/h1-7,9,18H,8H2. The van der Waals surface area contributed by atoms with Gasteiger partial charge in [-0.05, 0) is 46.4 Å². The Kier molecular flexibility index (Phi) is 2.95. The summed E-state index contributed by atoms with van der Waals surface area (Å²) in [6.45, 7) is 0.783. The highest BCUT2D eigenvalue weighted by Gasteiger charge is 2.06. The van der Waals surface area contributed by atoms with Crippen LogP contribution in [0.25, 0.3) is 10.9 Å². The summed E-state index contributed by atoms with van der Waals surface area (Å²) in [5.74, 6) is 0.298. The lowest BCUT2D eigenvalue weighted by Crippen LogP contribution is -1.97. The predicted octanol–water partition coefficient (Wildman–Crippen LogP) is 3.39. The van der Waals surface area contributed by atoms with Gasteiger partial charge in [0.05, 0.1) is 11.7 Å². The van der Waals surface area contributed by atoms with E-state index in [2.05, 4.69) is 38.3 Å². The molecule has 4 heteroatoms. The second kappa shape index (κ2) is 4.61. The molecule has 0 aliphatic heterocycles. The molecule has 2 heterocycles. The third kappa shape index (κ3) is 2.08. The number of phenols is 1. The van der Waals surface area contributed by atoms with E-state index >= 15 is 0 Å². The topological polar surface area (TPSA) is 38.0 Å². The minimum atomic E-state index is 0.298. The highest BCUT2D eigenvalue weighted by atomic mass is 127. The molecule has 0 aliphatic carbocycles. The average molecular weight is 350 g/mol. The molecule has 0 aliphatic rings. The summed E-state index contributed by atoms with van der Waals surface area (Å²) in [7, 11) is 0. The van der Waals surface area contributed by atoms with Crippen LogP contribution >= 0.6 is 22.6 Å². The van der Waals surface area contributed by atoms with Gasteiger partial charge in [0.2, 0.25) is 0 Å². The molecule has 2 aromatic heterocycles. The van der Waals surface area contributed by atoms with E-state index in [9.17, 15) is 5.11 Å². The fourth-order valence-electron chi connectivity index (χ4n) is 2.02. The molecule has 3 nitrogen and oxygen atoms in total. The van der Waals surface area contributed by atoms with Crippen LogP contribution in [0.2, 0.25) is 0 Å². The first-order valence-corrected chi connectivity index (χ1v) is 6.68. The number of nitrogens with zero attached hydrogens (tertiary/aromatic N) is 2. The molecule has 0 radical (unpaired) electrons. The molecule has 0 spiro atoms. The van der Waals surface area contributed by atoms with E-state index in [1.807, 2.05) is 30.6 Å². The van der Waals surface area contributed by atoms with Gasteiger partial charge in [0.15, 0.2) is 0 Å². The van der Waals surface area contributed by atoms with Crippen molar-refractivity contribution in [2.24, 2.45) is 0 Å². The molecule has 3 rings (SSSR count). The van der Waals surface area contributed by atoms with Crippen LogP contribution in [-0.4, -0.2) is 14.7 Å². The molecule has 0 unspecified atom stereocenters. The van der Waals surface area contributed by atoms with Crippen molar-refractivity contribution < 1.29 is 5.11 Å². The zero-order valence-corrected chi connectivity index (χ0v) is 11.7. The first-order chi connectivity index (χ1) is 8.74. The fraction of sp³-hybridized carbons (Fsp3) is 0.0714. The Balaban J connectivity index is 2.02. The summed E-state index contributed by atoms with van der Waals surface area (Å²) < 4.78 is 3.40. The molecule has 0 bridgehead atoms. The van der Waals surface area contributed by atoms with E-state index in [0.717, 1.165) is 17.6 Å². The van der Waals surface area contributed by atoms with Crippen LogP contribution in [0.4, 0.5) is 0 Å². The second-order valence-corrected chi connectivity index (χ2v) is 5.33. The summed E-state index contributed by atoms with van der Waals surface area (Å²) in [6, 6.07) is 9.33. The minimum absolute atomic E-state index is 0.298. The second-order valence-electron chi connectivity index (χ2n) is 4.16. The first-order valence-electron chi connectivity index (χ1n) is 5.60. The Labute approximate surface area is 118 Å². The Hall–Kier alpha value is -1.56. The number of halogens is 1. The van der Waals surface area contributed by atoms with E-state index < -0.39 is 0 Å². The fourth-order valence-corrected chi connectivity index (χ4v) is 2.81. The van der Waals surface area contributed by atoms with Crippen molar-refractivity contribution in [1.29, 1.82) is 0 Å². The zero-order chi connectivity index (χ0) is 12.5. The summed E-state index contributed by atoms with van der Waals surface area (Å²) in [4.78, 5) is 4.18. The highest BCUT2D eigenvalue weighted by Crippen LogP contribution is 2.23. The molecule has 0 saturated carbocycles. The van der Waals surface area contributed by atoms with E-state index in [1.165, 1.54) is 8.96 Å². The van der Waals surface area contributed by atoms with E-state index in [4.69, 9.17) is 0 Å². The molecule has 18 heavy (non-hydrogen) atoms. The highest BCUT2D eigenvalue weighted by molar-refractivity contribution is 14.1. The lowest BCUT2D eigenvalue weighted by molar-refractivity contribution is 0.475. The minimum Gasteiger partial charge on any atom is -0.508 e. The van der Waals surface area contributed by atoms with E-state index in [-0.39, 0.29) is 0 Å². The third-order valence-corrected chi connectivity index (χ3v) is 3.78. The summed E-state index contributed by atoms with van der Waals surface area (Å²) in [5.41, 5.74) is 2.29. The van der Waals surface area contributed by atoms with Gasteiger partial charge in [-0.15, -0.1) is 0 Å².